The first-order valence-corrected chi connectivity index (χ1v) is 7.42. The van der Waals surface area contributed by atoms with Crippen LogP contribution >= 0.6 is 11.3 Å². The summed E-state index contributed by atoms with van der Waals surface area (Å²) in [6.07, 6.45) is 5.18. The predicted molar refractivity (Wildman–Crippen MR) is 78.3 cm³/mol. The summed E-state index contributed by atoms with van der Waals surface area (Å²) < 4.78 is 0. The number of aryl methyl sites for hydroxylation is 1. The molecule has 100 valence electrons. The molecule has 0 aromatic carbocycles. The van der Waals surface area contributed by atoms with E-state index in [4.69, 9.17) is 10.7 Å². The Morgan fingerprint density at radius 2 is 2.37 bits per heavy atom. The topological polar surface area (TPSA) is 55.0 Å². The van der Waals surface area contributed by atoms with E-state index in [2.05, 4.69) is 16.9 Å². The maximum absolute atomic E-state index is 6.13. The van der Waals surface area contributed by atoms with E-state index in [1.807, 2.05) is 24.4 Å². The molecule has 0 fully saturated rings. The van der Waals surface area contributed by atoms with Crippen LogP contribution in [0.5, 0.6) is 0 Å². The van der Waals surface area contributed by atoms with Crippen molar-refractivity contribution in [2.45, 2.75) is 31.8 Å². The molecule has 3 rings (SSSR count). The molecule has 0 amide bonds. The fourth-order valence-corrected chi connectivity index (χ4v) is 3.54. The van der Waals surface area contributed by atoms with Gasteiger partial charge in [0.25, 0.3) is 0 Å². The van der Waals surface area contributed by atoms with E-state index in [0.29, 0.717) is 0 Å². The van der Waals surface area contributed by atoms with Crippen molar-refractivity contribution in [1.29, 1.82) is 0 Å². The van der Waals surface area contributed by atoms with Crippen molar-refractivity contribution in [2.75, 3.05) is 11.9 Å². The normalized spacial score (nSPS) is 18.1. The van der Waals surface area contributed by atoms with Gasteiger partial charge in [-0.15, -0.1) is 11.3 Å². The third-order valence-corrected chi connectivity index (χ3v) is 4.68. The lowest BCUT2D eigenvalue weighted by Gasteiger charge is -2.16. The summed E-state index contributed by atoms with van der Waals surface area (Å²) in [7, 11) is 2.06. The van der Waals surface area contributed by atoms with Crippen LogP contribution in [-0.2, 0) is 13.0 Å². The van der Waals surface area contributed by atoms with Gasteiger partial charge in [-0.3, -0.25) is 4.98 Å². The van der Waals surface area contributed by atoms with Crippen LogP contribution in [0.2, 0.25) is 0 Å². The van der Waals surface area contributed by atoms with Crippen molar-refractivity contribution in [3.05, 3.63) is 40.7 Å². The number of nitrogens with zero attached hydrogens (tertiary/aromatic N) is 3. The number of fused-ring (bicyclic) bond motifs is 1. The zero-order valence-electron chi connectivity index (χ0n) is 11.0. The second-order valence-electron chi connectivity index (χ2n) is 4.98. The van der Waals surface area contributed by atoms with Gasteiger partial charge in [-0.1, -0.05) is 6.07 Å². The van der Waals surface area contributed by atoms with Crippen molar-refractivity contribution in [3.63, 3.8) is 0 Å². The lowest BCUT2D eigenvalue weighted by Crippen LogP contribution is -2.18. The van der Waals surface area contributed by atoms with Crippen LogP contribution in [0.25, 0.3) is 0 Å². The summed E-state index contributed by atoms with van der Waals surface area (Å²) in [5.41, 5.74) is 8.29. The van der Waals surface area contributed by atoms with Gasteiger partial charge < -0.3 is 10.6 Å². The molecule has 2 heterocycles. The highest BCUT2D eigenvalue weighted by Gasteiger charge is 2.22. The molecule has 0 saturated carbocycles. The first kappa shape index (κ1) is 12.6. The van der Waals surface area contributed by atoms with Gasteiger partial charge in [-0.2, -0.15) is 0 Å². The number of rotatable bonds is 3. The van der Waals surface area contributed by atoms with E-state index < -0.39 is 0 Å². The van der Waals surface area contributed by atoms with E-state index >= 15 is 0 Å². The molecule has 2 aromatic heterocycles. The molecule has 4 nitrogen and oxygen atoms in total. The van der Waals surface area contributed by atoms with Crippen molar-refractivity contribution in [2.24, 2.45) is 5.73 Å². The number of nitrogens with two attached hydrogens (primary N) is 1. The Bertz CT molecular complexity index is 552. The molecule has 1 aliphatic rings. The second kappa shape index (κ2) is 5.27. The van der Waals surface area contributed by atoms with Gasteiger partial charge in [0.2, 0.25) is 0 Å². The minimum Gasteiger partial charge on any atom is -0.345 e. The fourth-order valence-electron chi connectivity index (χ4n) is 2.40. The van der Waals surface area contributed by atoms with Crippen LogP contribution in [0.1, 0.15) is 35.1 Å². The molecule has 0 spiro atoms. The van der Waals surface area contributed by atoms with Crippen molar-refractivity contribution >= 4 is 16.5 Å². The summed E-state index contributed by atoms with van der Waals surface area (Å²) in [6.45, 7) is 0.780. The average Bonchev–Trinajstić information content (AvgIpc) is 2.85. The van der Waals surface area contributed by atoms with Crippen LogP contribution < -0.4 is 10.6 Å². The number of hydrogen-bond donors (Lipinski definition) is 1. The summed E-state index contributed by atoms with van der Waals surface area (Å²) in [4.78, 5) is 12.6. The Hall–Kier alpha value is -1.46. The molecule has 5 heteroatoms. The lowest BCUT2D eigenvalue weighted by atomic mass is 9.99. The third-order valence-electron chi connectivity index (χ3n) is 3.44. The van der Waals surface area contributed by atoms with Gasteiger partial charge in [-0.25, -0.2) is 4.98 Å². The minimum absolute atomic E-state index is 0.122. The van der Waals surface area contributed by atoms with E-state index in [1.54, 1.807) is 11.3 Å². The Morgan fingerprint density at radius 3 is 3.11 bits per heavy atom. The fraction of sp³-hybridized carbons (Fsp3) is 0.429. The van der Waals surface area contributed by atoms with E-state index in [-0.39, 0.29) is 6.04 Å². The Labute approximate surface area is 117 Å². The zero-order valence-corrected chi connectivity index (χ0v) is 11.9. The smallest absolute Gasteiger partial charge is 0.185 e. The van der Waals surface area contributed by atoms with E-state index in [0.717, 1.165) is 35.9 Å². The minimum atomic E-state index is 0.122. The average molecular weight is 274 g/mol. The standard InChI is InChI=1S/C14H18N4S/c1-18(9-10-5-2-3-8-16-10)14-17-13-11(15)6-4-7-12(13)19-14/h2-3,5,8,11H,4,6-7,9,15H2,1H3. The summed E-state index contributed by atoms with van der Waals surface area (Å²) in [5, 5.41) is 1.05. The van der Waals surface area contributed by atoms with Crippen molar-refractivity contribution in [3.8, 4) is 0 Å². The van der Waals surface area contributed by atoms with E-state index in [1.165, 1.54) is 11.3 Å². The molecule has 2 aromatic rings. The van der Waals surface area contributed by atoms with Crippen LogP contribution in [0, 0.1) is 0 Å². The number of pyridine rings is 1. The van der Waals surface area contributed by atoms with Crippen LogP contribution in [0.4, 0.5) is 5.13 Å². The summed E-state index contributed by atoms with van der Waals surface area (Å²) in [6, 6.07) is 6.11. The molecule has 1 aliphatic carbocycles. The maximum atomic E-state index is 6.13. The van der Waals surface area contributed by atoms with Gasteiger partial charge >= 0.3 is 0 Å². The van der Waals surface area contributed by atoms with Crippen molar-refractivity contribution < 1.29 is 0 Å². The predicted octanol–water partition coefficient (Wildman–Crippen LogP) is 2.51. The molecule has 0 saturated heterocycles. The summed E-state index contributed by atoms with van der Waals surface area (Å²) in [5.74, 6) is 0. The lowest BCUT2D eigenvalue weighted by molar-refractivity contribution is 0.563. The number of thiazole rings is 1. The molecule has 1 unspecified atom stereocenters. The van der Waals surface area contributed by atoms with Crippen molar-refractivity contribution in [1.82, 2.24) is 9.97 Å². The highest BCUT2D eigenvalue weighted by atomic mass is 32.1. The molecule has 2 N–H and O–H groups in total. The SMILES string of the molecule is CN(Cc1ccccn1)c1nc2c(s1)CCCC2N. The number of hydrogen-bond acceptors (Lipinski definition) is 5. The monoisotopic (exact) mass is 274 g/mol. The van der Waals surface area contributed by atoms with Gasteiger partial charge in [0, 0.05) is 24.2 Å². The molecule has 19 heavy (non-hydrogen) atoms. The Balaban J connectivity index is 1.79. The Kier molecular flexibility index (Phi) is 3.48. The molecule has 0 aliphatic heterocycles. The molecular weight excluding hydrogens is 256 g/mol. The van der Waals surface area contributed by atoms with Crippen LogP contribution in [0.15, 0.2) is 24.4 Å². The third kappa shape index (κ3) is 2.62. The summed E-state index contributed by atoms with van der Waals surface area (Å²) >= 11 is 1.77. The molecule has 0 bridgehead atoms. The highest BCUT2D eigenvalue weighted by molar-refractivity contribution is 7.15. The van der Waals surface area contributed by atoms with Crippen LogP contribution in [-0.4, -0.2) is 17.0 Å². The zero-order chi connectivity index (χ0) is 13.2. The largest absolute Gasteiger partial charge is 0.345 e. The maximum Gasteiger partial charge on any atom is 0.185 e. The van der Waals surface area contributed by atoms with Gasteiger partial charge in [0.05, 0.1) is 17.9 Å². The molecule has 0 radical (unpaired) electrons. The van der Waals surface area contributed by atoms with Gasteiger partial charge in [0.1, 0.15) is 0 Å². The Morgan fingerprint density at radius 1 is 1.47 bits per heavy atom. The first-order chi connectivity index (χ1) is 9.24. The molecular formula is C14H18N4S. The highest BCUT2D eigenvalue weighted by Crippen LogP contribution is 2.35. The van der Waals surface area contributed by atoms with Crippen LogP contribution in [0.3, 0.4) is 0 Å². The molecule has 1 atom stereocenters. The van der Waals surface area contributed by atoms with Gasteiger partial charge in [-0.05, 0) is 31.4 Å². The van der Waals surface area contributed by atoms with E-state index in [9.17, 15) is 0 Å². The quantitative estimate of drug-likeness (QED) is 0.934. The number of aromatic nitrogens is 2. The van der Waals surface area contributed by atoms with Gasteiger partial charge in [0.15, 0.2) is 5.13 Å². The first-order valence-electron chi connectivity index (χ1n) is 6.60. The number of anilines is 1. The second-order valence-corrected chi connectivity index (χ2v) is 6.04.